The minimum atomic E-state index is -3.58. The van der Waals surface area contributed by atoms with E-state index in [1.165, 1.54) is 6.92 Å². The summed E-state index contributed by atoms with van der Waals surface area (Å²) in [5.41, 5.74) is 2.76. The average molecular weight is 358 g/mol. The van der Waals surface area contributed by atoms with Crippen LogP contribution in [0.2, 0.25) is 0 Å². The van der Waals surface area contributed by atoms with Crippen LogP contribution in [0.3, 0.4) is 0 Å². The second-order valence-corrected chi connectivity index (χ2v) is 8.23. The molecule has 0 radical (unpaired) electrons. The number of benzene rings is 2. The van der Waals surface area contributed by atoms with Crippen LogP contribution in [0.15, 0.2) is 53.4 Å². The maximum Gasteiger partial charge on any atom is 0.243 e. The van der Waals surface area contributed by atoms with Gasteiger partial charge in [0.15, 0.2) is 0 Å². The van der Waals surface area contributed by atoms with Gasteiger partial charge in [-0.25, -0.2) is 8.42 Å². The smallest absolute Gasteiger partial charge is 0.243 e. The summed E-state index contributed by atoms with van der Waals surface area (Å²) in [4.78, 5) is 11.4. The second kappa shape index (κ2) is 6.98. The molecule has 0 aromatic heterocycles. The van der Waals surface area contributed by atoms with Gasteiger partial charge in [0.2, 0.25) is 15.9 Å². The Morgan fingerprint density at radius 1 is 1.12 bits per heavy atom. The molecule has 1 amide bonds. The number of carbonyl (C=O) groups is 1. The summed E-state index contributed by atoms with van der Waals surface area (Å²) in [7, 11) is -3.58. The molecule has 0 saturated carbocycles. The Morgan fingerprint density at radius 2 is 1.80 bits per heavy atom. The molecule has 0 spiro atoms. The summed E-state index contributed by atoms with van der Waals surface area (Å²) in [5, 5.41) is 2.65. The van der Waals surface area contributed by atoms with E-state index in [1.54, 1.807) is 28.6 Å². The van der Waals surface area contributed by atoms with Gasteiger partial charge in [-0.2, -0.15) is 4.31 Å². The summed E-state index contributed by atoms with van der Waals surface area (Å²) in [5.74, 6) is -0.185. The summed E-state index contributed by atoms with van der Waals surface area (Å²) in [6.45, 7) is 3.96. The van der Waals surface area contributed by atoms with Gasteiger partial charge in [-0.3, -0.25) is 4.79 Å². The van der Waals surface area contributed by atoms with Crippen molar-refractivity contribution in [3.8, 4) is 0 Å². The Balaban J connectivity index is 1.91. The molecule has 1 heterocycles. The number of nitrogens with one attached hydrogen (secondary N) is 1. The molecule has 3 rings (SSSR count). The molecule has 1 fully saturated rings. The molecule has 1 atom stereocenters. The van der Waals surface area contributed by atoms with E-state index in [-0.39, 0.29) is 16.8 Å². The summed E-state index contributed by atoms with van der Waals surface area (Å²) in [6, 6.07) is 14.2. The number of hydrogen-bond acceptors (Lipinski definition) is 3. The number of anilines is 1. The summed E-state index contributed by atoms with van der Waals surface area (Å²) >= 11 is 0. The van der Waals surface area contributed by atoms with Crippen LogP contribution < -0.4 is 5.32 Å². The van der Waals surface area contributed by atoms with E-state index < -0.39 is 10.0 Å². The average Bonchev–Trinajstić information content (AvgIpc) is 3.05. The molecule has 1 aliphatic heterocycles. The highest BCUT2D eigenvalue weighted by Crippen LogP contribution is 2.37. The van der Waals surface area contributed by atoms with Crippen LogP contribution >= 0.6 is 0 Å². The third-order valence-corrected chi connectivity index (χ3v) is 6.45. The molecule has 5 nitrogen and oxygen atoms in total. The monoisotopic (exact) mass is 358 g/mol. The lowest BCUT2D eigenvalue weighted by molar-refractivity contribution is -0.114. The molecule has 1 saturated heterocycles. The third-order valence-electron chi connectivity index (χ3n) is 4.53. The lowest BCUT2D eigenvalue weighted by Crippen LogP contribution is -2.31. The molecule has 0 bridgehead atoms. The SMILES string of the molecule is CC(=O)Nc1ccc(S(=O)(=O)N2CCC[C@H]2c2ccccc2C)cc1. The number of nitrogens with zero attached hydrogens (tertiary/aromatic N) is 1. The Morgan fingerprint density at radius 3 is 2.44 bits per heavy atom. The van der Waals surface area contributed by atoms with Gasteiger partial charge in [0.1, 0.15) is 0 Å². The van der Waals surface area contributed by atoms with Crippen LogP contribution in [0.5, 0.6) is 0 Å². The Kier molecular flexibility index (Phi) is 4.92. The van der Waals surface area contributed by atoms with Crippen molar-refractivity contribution in [2.75, 3.05) is 11.9 Å². The van der Waals surface area contributed by atoms with E-state index in [9.17, 15) is 13.2 Å². The van der Waals surface area contributed by atoms with Crippen LogP contribution in [-0.4, -0.2) is 25.2 Å². The molecule has 25 heavy (non-hydrogen) atoms. The first-order valence-electron chi connectivity index (χ1n) is 8.34. The van der Waals surface area contributed by atoms with Crippen LogP contribution in [0, 0.1) is 6.92 Å². The van der Waals surface area contributed by atoms with E-state index in [0.717, 1.165) is 24.0 Å². The van der Waals surface area contributed by atoms with E-state index in [4.69, 9.17) is 0 Å². The van der Waals surface area contributed by atoms with Gasteiger partial charge in [0.05, 0.1) is 10.9 Å². The molecule has 0 unspecified atom stereocenters. The predicted molar refractivity (Wildman–Crippen MR) is 97.8 cm³/mol. The predicted octanol–water partition coefficient (Wildman–Crippen LogP) is 3.48. The molecule has 2 aromatic rings. The van der Waals surface area contributed by atoms with Gasteiger partial charge in [0.25, 0.3) is 0 Å². The van der Waals surface area contributed by atoms with Crippen molar-refractivity contribution in [1.29, 1.82) is 0 Å². The van der Waals surface area contributed by atoms with Crippen molar-refractivity contribution in [2.45, 2.75) is 37.6 Å². The van der Waals surface area contributed by atoms with E-state index in [1.807, 2.05) is 31.2 Å². The zero-order valence-electron chi connectivity index (χ0n) is 14.4. The zero-order valence-corrected chi connectivity index (χ0v) is 15.2. The van der Waals surface area contributed by atoms with Gasteiger partial charge >= 0.3 is 0 Å². The standard InChI is InChI=1S/C19H22N2O3S/c1-14-6-3-4-7-18(14)19-8-5-13-21(19)25(23,24)17-11-9-16(10-12-17)20-15(2)22/h3-4,6-7,9-12,19H,5,8,13H2,1-2H3,(H,20,22)/t19-/m0/s1. The number of rotatable bonds is 4. The number of sulfonamides is 1. The lowest BCUT2D eigenvalue weighted by atomic mass is 10.0. The van der Waals surface area contributed by atoms with Crippen LogP contribution in [0.1, 0.15) is 36.9 Å². The minimum absolute atomic E-state index is 0.124. The molecule has 0 aliphatic carbocycles. The van der Waals surface area contributed by atoms with Crippen LogP contribution in [0.4, 0.5) is 5.69 Å². The highest BCUT2D eigenvalue weighted by atomic mass is 32.2. The second-order valence-electron chi connectivity index (χ2n) is 6.34. The Hall–Kier alpha value is -2.18. The van der Waals surface area contributed by atoms with Crippen molar-refractivity contribution in [1.82, 2.24) is 4.31 Å². The van der Waals surface area contributed by atoms with Crippen molar-refractivity contribution in [3.63, 3.8) is 0 Å². The van der Waals surface area contributed by atoms with Gasteiger partial charge in [-0.05, 0) is 55.2 Å². The van der Waals surface area contributed by atoms with Crippen molar-refractivity contribution in [3.05, 3.63) is 59.7 Å². The molecule has 6 heteroatoms. The maximum absolute atomic E-state index is 13.1. The Labute approximate surface area is 148 Å². The van der Waals surface area contributed by atoms with Crippen LogP contribution in [0.25, 0.3) is 0 Å². The minimum Gasteiger partial charge on any atom is -0.326 e. The van der Waals surface area contributed by atoms with Gasteiger partial charge in [0, 0.05) is 19.2 Å². The van der Waals surface area contributed by atoms with Crippen molar-refractivity contribution >= 4 is 21.6 Å². The fraction of sp³-hybridized carbons (Fsp3) is 0.316. The number of aryl methyl sites for hydroxylation is 1. The topological polar surface area (TPSA) is 66.5 Å². The fourth-order valence-corrected chi connectivity index (χ4v) is 5.02. The third kappa shape index (κ3) is 3.60. The Bertz CT molecular complexity index is 876. The van der Waals surface area contributed by atoms with Gasteiger partial charge in [-0.15, -0.1) is 0 Å². The summed E-state index contributed by atoms with van der Waals surface area (Å²) in [6.07, 6.45) is 1.68. The van der Waals surface area contributed by atoms with Gasteiger partial charge < -0.3 is 5.32 Å². The molecule has 1 N–H and O–H groups in total. The first kappa shape index (κ1) is 17.6. The quantitative estimate of drug-likeness (QED) is 0.910. The molecule has 1 aliphatic rings. The molecular formula is C19H22N2O3S. The number of hydrogen-bond donors (Lipinski definition) is 1. The molecule has 2 aromatic carbocycles. The largest absolute Gasteiger partial charge is 0.326 e. The molecular weight excluding hydrogens is 336 g/mol. The van der Waals surface area contributed by atoms with Crippen LogP contribution in [-0.2, 0) is 14.8 Å². The van der Waals surface area contributed by atoms with E-state index >= 15 is 0 Å². The summed E-state index contributed by atoms with van der Waals surface area (Å²) < 4.78 is 27.8. The zero-order chi connectivity index (χ0) is 18.0. The number of amides is 1. The lowest BCUT2D eigenvalue weighted by Gasteiger charge is -2.25. The van der Waals surface area contributed by atoms with E-state index in [0.29, 0.717) is 12.2 Å². The highest BCUT2D eigenvalue weighted by Gasteiger charge is 2.36. The fourth-order valence-electron chi connectivity index (χ4n) is 3.35. The maximum atomic E-state index is 13.1. The molecule has 132 valence electrons. The normalized spacial score (nSPS) is 18.2. The van der Waals surface area contributed by atoms with Crippen molar-refractivity contribution < 1.29 is 13.2 Å². The van der Waals surface area contributed by atoms with Crippen molar-refractivity contribution in [2.24, 2.45) is 0 Å². The number of carbonyl (C=O) groups excluding carboxylic acids is 1. The van der Waals surface area contributed by atoms with Gasteiger partial charge in [-0.1, -0.05) is 24.3 Å². The highest BCUT2D eigenvalue weighted by molar-refractivity contribution is 7.89. The first-order valence-corrected chi connectivity index (χ1v) is 9.78. The van der Waals surface area contributed by atoms with E-state index in [2.05, 4.69) is 5.32 Å². The first-order chi connectivity index (χ1) is 11.9.